The fourth-order valence-corrected chi connectivity index (χ4v) is 4.20. The van der Waals surface area contributed by atoms with Gasteiger partial charge in [-0.2, -0.15) is 10.1 Å². The van der Waals surface area contributed by atoms with Crippen LogP contribution in [0.2, 0.25) is 0 Å². The number of para-hydroxylation sites is 1. The number of carbonyl (C=O) groups is 1. The van der Waals surface area contributed by atoms with Crippen LogP contribution in [0.4, 0.5) is 0 Å². The predicted molar refractivity (Wildman–Crippen MR) is 122 cm³/mol. The third kappa shape index (κ3) is 3.39. The zero-order chi connectivity index (χ0) is 22.2. The molecule has 0 aliphatic carbocycles. The Bertz CT molecular complexity index is 1520. The van der Waals surface area contributed by atoms with Gasteiger partial charge in [-0.25, -0.2) is 4.68 Å². The standard InChI is InChI=1S/C24H21N5O3/c1-16-26-23(31)20-8-4-5-9-21(20)29(16)18-10-12-27(13-11-18)22(30)15-28-24(32)19-7-3-2-6-17(19)14-25-28/h2-10,14H,11-13,15H2,1H3. The topological polar surface area (TPSA) is 90.1 Å². The zero-order valence-corrected chi connectivity index (χ0v) is 17.6. The highest BCUT2D eigenvalue weighted by Crippen LogP contribution is 2.22. The van der Waals surface area contributed by atoms with Crippen LogP contribution in [0, 0.1) is 6.92 Å². The van der Waals surface area contributed by atoms with Gasteiger partial charge in [0.15, 0.2) is 0 Å². The highest BCUT2D eigenvalue weighted by molar-refractivity contribution is 5.83. The molecule has 3 heterocycles. The first kappa shape index (κ1) is 19.9. The number of aryl methyl sites for hydroxylation is 1. The lowest BCUT2D eigenvalue weighted by atomic mass is 10.1. The Balaban J connectivity index is 1.39. The maximum atomic E-state index is 12.9. The number of fused-ring (bicyclic) bond motifs is 2. The van der Waals surface area contributed by atoms with Gasteiger partial charge in [0, 0.05) is 30.6 Å². The van der Waals surface area contributed by atoms with Crippen molar-refractivity contribution in [3.05, 3.63) is 87.3 Å². The molecule has 8 heteroatoms. The number of amides is 1. The van der Waals surface area contributed by atoms with Gasteiger partial charge in [-0.3, -0.25) is 14.4 Å². The summed E-state index contributed by atoms with van der Waals surface area (Å²) in [5, 5.41) is 6.03. The molecule has 8 nitrogen and oxygen atoms in total. The minimum atomic E-state index is -0.272. The van der Waals surface area contributed by atoms with Crippen molar-refractivity contribution in [1.82, 2.24) is 24.2 Å². The Morgan fingerprint density at radius 3 is 2.56 bits per heavy atom. The average Bonchev–Trinajstić information content (AvgIpc) is 2.81. The molecule has 0 bridgehead atoms. The van der Waals surface area contributed by atoms with Crippen LogP contribution < -0.4 is 11.1 Å². The van der Waals surface area contributed by atoms with E-state index in [0.717, 1.165) is 16.6 Å². The molecule has 0 N–H and O–H groups in total. The van der Waals surface area contributed by atoms with Crippen LogP contribution in [0.25, 0.3) is 27.4 Å². The number of aromatic nitrogens is 4. The Kier molecular flexibility index (Phi) is 4.89. The smallest absolute Gasteiger partial charge is 0.280 e. The van der Waals surface area contributed by atoms with E-state index < -0.39 is 0 Å². The fourth-order valence-electron chi connectivity index (χ4n) is 4.20. The summed E-state index contributed by atoms with van der Waals surface area (Å²) in [5.41, 5.74) is 1.29. The molecule has 5 rings (SSSR count). The predicted octanol–water partition coefficient (Wildman–Crippen LogP) is 2.19. The molecular formula is C24H21N5O3. The molecule has 32 heavy (non-hydrogen) atoms. The largest absolute Gasteiger partial charge is 0.337 e. The van der Waals surface area contributed by atoms with Crippen molar-refractivity contribution in [3.8, 4) is 0 Å². The number of hydrogen-bond donors (Lipinski definition) is 0. The molecule has 1 amide bonds. The third-order valence-electron chi connectivity index (χ3n) is 5.83. The number of hydrogen-bond acceptors (Lipinski definition) is 5. The van der Waals surface area contributed by atoms with Gasteiger partial charge < -0.3 is 9.47 Å². The minimum Gasteiger partial charge on any atom is -0.337 e. The molecule has 2 aromatic heterocycles. The quantitative estimate of drug-likeness (QED) is 0.500. The Labute approximate surface area is 183 Å². The minimum absolute atomic E-state index is 0.103. The van der Waals surface area contributed by atoms with Crippen LogP contribution in [-0.2, 0) is 11.3 Å². The van der Waals surface area contributed by atoms with E-state index in [1.807, 2.05) is 47.9 Å². The van der Waals surface area contributed by atoms with Crippen molar-refractivity contribution in [2.24, 2.45) is 0 Å². The maximum Gasteiger partial charge on any atom is 0.280 e. The van der Waals surface area contributed by atoms with Gasteiger partial charge in [0.05, 0.1) is 22.5 Å². The van der Waals surface area contributed by atoms with Crippen molar-refractivity contribution < 1.29 is 4.79 Å². The first-order valence-corrected chi connectivity index (χ1v) is 10.4. The van der Waals surface area contributed by atoms with Gasteiger partial charge in [0.1, 0.15) is 12.4 Å². The van der Waals surface area contributed by atoms with Gasteiger partial charge in [0.2, 0.25) is 5.91 Å². The highest BCUT2D eigenvalue weighted by atomic mass is 16.2. The van der Waals surface area contributed by atoms with E-state index in [-0.39, 0.29) is 23.6 Å². The van der Waals surface area contributed by atoms with Crippen molar-refractivity contribution in [3.63, 3.8) is 0 Å². The Morgan fingerprint density at radius 1 is 1.03 bits per heavy atom. The lowest BCUT2D eigenvalue weighted by Gasteiger charge is -2.28. The van der Waals surface area contributed by atoms with Crippen molar-refractivity contribution >= 4 is 33.3 Å². The first-order chi connectivity index (χ1) is 15.5. The lowest BCUT2D eigenvalue weighted by Crippen LogP contribution is -2.40. The second-order valence-corrected chi connectivity index (χ2v) is 7.80. The highest BCUT2D eigenvalue weighted by Gasteiger charge is 2.21. The van der Waals surface area contributed by atoms with Crippen LogP contribution in [0.3, 0.4) is 0 Å². The molecule has 1 aliphatic heterocycles. The molecule has 2 aromatic carbocycles. The fraction of sp³-hybridized carbons (Fsp3) is 0.208. The van der Waals surface area contributed by atoms with E-state index in [0.29, 0.717) is 36.1 Å². The summed E-state index contributed by atoms with van der Waals surface area (Å²) in [6.45, 7) is 2.63. The van der Waals surface area contributed by atoms with Crippen molar-refractivity contribution in [1.29, 1.82) is 0 Å². The summed E-state index contributed by atoms with van der Waals surface area (Å²) >= 11 is 0. The maximum absolute atomic E-state index is 12.9. The van der Waals surface area contributed by atoms with E-state index in [1.54, 1.807) is 29.3 Å². The molecule has 0 unspecified atom stereocenters. The normalized spacial score (nSPS) is 14.0. The van der Waals surface area contributed by atoms with Gasteiger partial charge in [-0.15, -0.1) is 0 Å². The molecule has 0 saturated carbocycles. The zero-order valence-electron chi connectivity index (χ0n) is 17.6. The summed E-state index contributed by atoms with van der Waals surface area (Å²) in [4.78, 5) is 43.6. The number of benzene rings is 2. The van der Waals surface area contributed by atoms with E-state index in [2.05, 4.69) is 10.1 Å². The number of rotatable bonds is 3. The van der Waals surface area contributed by atoms with E-state index >= 15 is 0 Å². The third-order valence-corrected chi connectivity index (χ3v) is 5.83. The molecule has 4 aromatic rings. The molecule has 0 atom stereocenters. The van der Waals surface area contributed by atoms with Crippen LogP contribution in [0.1, 0.15) is 12.2 Å². The second-order valence-electron chi connectivity index (χ2n) is 7.80. The van der Waals surface area contributed by atoms with Crippen LogP contribution in [0.15, 0.2) is 70.4 Å². The summed E-state index contributed by atoms with van der Waals surface area (Å²) < 4.78 is 3.20. The molecule has 1 aliphatic rings. The van der Waals surface area contributed by atoms with Crippen LogP contribution >= 0.6 is 0 Å². The number of carbonyl (C=O) groups excluding carboxylic acids is 1. The van der Waals surface area contributed by atoms with E-state index in [4.69, 9.17) is 0 Å². The Hall–Kier alpha value is -4.07. The van der Waals surface area contributed by atoms with Crippen LogP contribution in [-0.4, -0.2) is 43.2 Å². The van der Waals surface area contributed by atoms with Gasteiger partial charge in [-0.05, 0) is 31.2 Å². The molecule has 0 fully saturated rings. The lowest BCUT2D eigenvalue weighted by molar-refractivity contribution is -0.131. The molecule has 0 saturated heterocycles. The summed E-state index contributed by atoms with van der Waals surface area (Å²) in [7, 11) is 0. The van der Waals surface area contributed by atoms with E-state index in [9.17, 15) is 14.4 Å². The van der Waals surface area contributed by atoms with Crippen LogP contribution in [0.5, 0.6) is 0 Å². The SMILES string of the molecule is Cc1nc(=O)c2ccccc2n1C1=CCN(C(=O)Cn2ncc3ccccc3c2=O)CC1. The number of nitrogens with zero attached hydrogens (tertiary/aromatic N) is 5. The van der Waals surface area contributed by atoms with Gasteiger partial charge in [-0.1, -0.05) is 30.3 Å². The summed E-state index contributed by atoms with van der Waals surface area (Å²) in [5.74, 6) is 0.455. The molecule has 0 spiro atoms. The molecule has 160 valence electrons. The molecule has 0 radical (unpaired) electrons. The second kappa shape index (κ2) is 7.88. The monoisotopic (exact) mass is 427 g/mol. The van der Waals surface area contributed by atoms with Crippen molar-refractivity contribution in [2.75, 3.05) is 13.1 Å². The van der Waals surface area contributed by atoms with Gasteiger partial charge in [0.25, 0.3) is 11.1 Å². The summed E-state index contributed by atoms with van der Waals surface area (Å²) in [6.07, 6.45) is 4.19. The van der Waals surface area contributed by atoms with Crippen molar-refractivity contribution in [2.45, 2.75) is 19.9 Å². The molecular weight excluding hydrogens is 406 g/mol. The average molecular weight is 427 g/mol. The van der Waals surface area contributed by atoms with E-state index in [1.165, 1.54) is 4.68 Å². The first-order valence-electron chi connectivity index (χ1n) is 10.4. The van der Waals surface area contributed by atoms with Gasteiger partial charge >= 0.3 is 0 Å². The Morgan fingerprint density at radius 2 is 1.78 bits per heavy atom. The summed E-state index contributed by atoms with van der Waals surface area (Å²) in [6, 6.07) is 14.6.